The fourth-order valence-electron chi connectivity index (χ4n) is 1.70. The van der Waals surface area contributed by atoms with E-state index in [-0.39, 0.29) is 17.1 Å². The molecule has 104 valence electrons. The molecule has 0 aromatic carbocycles. The number of carbonyl (C=O) groups is 1. The van der Waals surface area contributed by atoms with E-state index < -0.39 is 10.9 Å². The van der Waals surface area contributed by atoms with E-state index in [4.69, 9.17) is 5.11 Å². The van der Waals surface area contributed by atoms with E-state index >= 15 is 0 Å². The second-order valence-electron chi connectivity index (χ2n) is 4.06. The van der Waals surface area contributed by atoms with Gasteiger partial charge in [-0.2, -0.15) is 0 Å². The molecule has 0 bridgehead atoms. The first-order valence-corrected chi connectivity index (χ1v) is 6.48. The molecule has 0 saturated heterocycles. The predicted molar refractivity (Wildman–Crippen MR) is 74.3 cm³/mol. The van der Waals surface area contributed by atoms with Crippen molar-refractivity contribution >= 4 is 28.8 Å². The summed E-state index contributed by atoms with van der Waals surface area (Å²) in [6.07, 6.45) is 1.12. The number of rotatable bonds is 5. The third-order valence-electron chi connectivity index (χ3n) is 2.63. The number of hydrogen-bond donors (Lipinski definition) is 1. The van der Waals surface area contributed by atoms with Crippen molar-refractivity contribution in [3.05, 3.63) is 50.3 Å². The van der Waals surface area contributed by atoms with Crippen LogP contribution in [-0.2, 0) is 6.54 Å². The first-order chi connectivity index (χ1) is 9.49. The highest BCUT2D eigenvalue weighted by Crippen LogP contribution is 2.27. The van der Waals surface area contributed by atoms with Gasteiger partial charge in [0.15, 0.2) is 0 Å². The molecule has 0 aliphatic rings. The second kappa shape index (κ2) is 5.66. The van der Waals surface area contributed by atoms with Crippen LogP contribution in [0.3, 0.4) is 0 Å². The number of pyridine rings is 1. The van der Waals surface area contributed by atoms with Gasteiger partial charge in [0.2, 0.25) is 5.82 Å². The lowest BCUT2D eigenvalue weighted by Crippen LogP contribution is -2.19. The van der Waals surface area contributed by atoms with Crippen LogP contribution in [0.4, 0.5) is 11.5 Å². The molecule has 0 atom stereocenters. The summed E-state index contributed by atoms with van der Waals surface area (Å²) in [5.41, 5.74) is -0.520. The highest BCUT2D eigenvalue weighted by Gasteiger charge is 2.21. The molecule has 0 aliphatic carbocycles. The lowest BCUT2D eigenvalue weighted by molar-refractivity contribution is -0.384. The molecular weight excluding hydrogens is 282 g/mol. The number of thiophene rings is 1. The van der Waals surface area contributed by atoms with E-state index in [9.17, 15) is 14.9 Å². The Balaban J connectivity index is 2.35. The lowest BCUT2D eigenvalue weighted by Gasteiger charge is -2.17. The normalized spacial score (nSPS) is 10.2. The second-order valence-corrected chi connectivity index (χ2v) is 5.10. The molecule has 0 saturated carbocycles. The van der Waals surface area contributed by atoms with Gasteiger partial charge < -0.3 is 10.0 Å². The Hall–Kier alpha value is -2.48. The summed E-state index contributed by atoms with van der Waals surface area (Å²) >= 11 is 1.53. The molecule has 7 nitrogen and oxygen atoms in total. The van der Waals surface area contributed by atoms with Gasteiger partial charge in [-0.15, -0.1) is 11.3 Å². The lowest BCUT2D eigenvalue weighted by atomic mass is 10.2. The van der Waals surface area contributed by atoms with Crippen molar-refractivity contribution in [2.45, 2.75) is 6.54 Å². The number of carboxylic acids is 1. The van der Waals surface area contributed by atoms with Crippen LogP contribution in [0.1, 0.15) is 15.2 Å². The minimum atomic E-state index is -1.24. The molecule has 0 fully saturated rings. The first-order valence-electron chi connectivity index (χ1n) is 5.60. The zero-order valence-electron chi connectivity index (χ0n) is 10.5. The smallest absolute Gasteiger partial charge is 0.337 e. The highest BCUT2D eigenvalue weighted by molar-refractivity contribution is 7.09. The van der Waals surface area contributed by atoms with Crippen LogP contribution in [0.25, 0.3) is 0 Å². The number of nitrogens with zero attached hydrogens (tertiary/aromatic N) is 3. The van der Waals surface area contributed by atoms with Gasteiger partial charge in [0.25, 0.3) is 0 Å². The number of nitro groups is 1. The third-order valence-corrected chi connectivity index (χ3v) is 3.49. The van der Waals surface area contributed by atoms with E-state index in [1.54, 1.807) is 11.9 Å². The molecule has 2 aromatic rings. The van der Waals surface area contributed by atoms with Crippen LogP contribution in [0.15, 0.2) is 29.8 Å². The maximum Gasteiger partial charge on any atom is 0.337 e. The van der Waals surface area contributed by atoms with Crippen LogP contribution in [0, 0.1) is 10.1 Å². The Kier molecular flexibility index (Phi) is 3.94. The number of aromatic carboxylic acids is 1. The Morgan fingerprint density at radius 1 is 1.60 bits per heavy atom. The standard InChI is InChI=1S/C12H11N3O4S/c1-14(7-9-3-2-4-20-9)11-10(15(18)19)5-8(6-13-11)12(16)17/h2-6H,7H2,1H3,(H,16,17). The highest BCUT2D eigenvalue weighted by atomic mass is 32.1. The largest absolute Gasteiger partial charge is 0.478 e. The minimum absolute atomic E-state index is 0.147. The minimum Gasteiger partial charge on any atom is -0.478 e. The zero-order chi connectivity index (χ0) is 14.7. The fraction of sp³-hybridized carbons (Fsp3) is 0.167. The fourth-order valence-corrected chi connectivity index (χ4v) is 2.46. The number of carboxylic acid groups (broad SMARTS) is 1. The Morgan fingerprint density at radius 2 is 2.35 bits per heavy atom. The molecule has 2 heterocycles. The van der Waals surface area contributed by atoms with Crippen LogP contribution < -0.4 is 4.90 Å². The SMILES string of the molecule is CN(Cc1cccs1)c1ncc(C(=O)O)cc1[N+](=O)[O-]. The maximum absolute atomic E-state index is 11.1. The molecule has 8 heteroatoms. The summed E-state index contributed by atoms with van der Waals surface area (Å²) in [4.78, 5) is 27.8. The van der Waals surface area contributed by atoms with Gasteiger partial charge in [-0.25, -0.2) is 9.78 Å². The van der Waals surface area contributed by atoms with Crippen molar-refractivity contribution in [2.75, 3.05) is 11.9 Å². The van der Waals surface area contributed by atoms with Crippen LogP contribution in [0.5, 0.6) is 0 Å². The quantitative estimate of drug-likeness (QED) is 0.671. The maximum atomic E-state index is 11.1. The van der Waals surface area contributed by atoms with Gasteiger partial charge in [-0.3, -0.25) is 10.1 Å². The van der Waals surface area contributed by atoms with Gasteiger partial charge in [0.1, 0.15) is 0 Å². The van der Waals surface area contributed by atoms with Crippen molar-refractivity contribution in [3.8, 4) is 0 Å². The van der Waals surface area contributed by atoms with E-state index in [1.807, 2.05) is 17.5 Å². The van der Waals surface area contributed by atoms with Crippen molar-refractivity contribution in [3.63, 3.8) is 0 Å². The van der Waals surface area contributed by atoms with Gasteiger partial charge in [0, 0.05) is 24.2 Å². The van der Waals surface area contributed by atoms with E-state index in [2.05, 4.69) is 4.98 Å². The van der Waals surface area contributed by atoms with Gasteiger partial charge in [-0.1, -0.05) is 6.07 Å². The summed E-state index contributed by atoms with van der Waals surface area (Å²) in [6.45, 7) is 0.470. The molecule has 1 N–H and O–H groups in total. The molecule has 0 aliphatic heterocycles. The third kappa shape index (κ3) is 2.91. The Bertz CT molecular complexity index is 642. The van der Waals surface area contributed by atoms with Crippen molar-refractivity contribution in [1.29, 1.82) is 0 Å². The molecule has 2 aromatic heterocycles. The number of aromatic nitrogens is 1. The summed E-state index contributed by atoms with van der Waals surface area (Å²) in [7, 11) is 1.68. The Labute approximate surface area is 118 Å². The summed E-state index contributed by atoms with van der Waals surface area (Å²) in [5.74, 6) is -1.10. The van der Waals surface area contributed by atoms with Crippen molar-refractivity contribution in [2.24, 2.45) is 0 Å². The number of hydrogen-bond acceptors (Lipinski definition) is 6. The van der Waals surface area contributed by atoms with Crippen molar-refractivity contribution < 1.29 is 14.8 Å². The zero-order valence-corrected chi connectivity index (χ0v) is 11.3. The number of anilines is 1. The molecule has 0 spiro atoms. The van der Waals surface area contributed by atoms with Crippen LogP contribution >= 0.6 is 11.3 Å². The Morgan fingerprint density at radius 3 is 2.90 bits per heavy atom. The van der Waals surface area contributed by atoms with Gasteiger partial charge >= 0.3 is 11.7 Å². The molecule has 2 rings (SSSR count). The van der Waals surface area contributed by atoms with E-state index in [0.29, 0.717) is 6.54 Å². The van der Waals surface area contributed by atoms with Crippen molar-refractivity contribution in [1.82, 2.24) is 4.98 Å². The first kappa shape index (κ1) is 13.9. The monoisotopic (exact) mass is 293 g/mol. The van der Waals surface area contributed by atoms with Gasteiger partial charge in [0.05, 0.1) is 17.0 Å². The van der Waals surface area contributed by atoms with E-state index in [0.717, 1.165) is 17.1 Å². The topological polar surface area (TPSA) is 96.6 Å². The van der Waals surface area contributed by atoms with Crippen LogP contribution in [0.2, 0.25) is 0 Å². The summed E-state index contributed by atoms with van der Waals surface area (Å²) in [5, 5.41) is 21.8. The summed E-state index contributed by atoms with van der Waals surface area (Å²) < 4.78 is 0. The molecule has 20 heavy (non-hydrogen) atoms. The average molecular weight is 293 g/mol. The predicted octanol–water partition coefficient (Wildman–Crippen LogP) is 2.39. The molecule has 0 unspecified atom stereocenters. The molecule has 0 radical (unpaired) electrons. The van der Waals surface area contributed by atoms with Gasteiger partial charge in [-0.05, 0) is 11.4 Å². The van der Waals surface area contributed by atoms with Crippen LogP contribution in [-0.4, -0.2) is 28.0 Å². The molecule has 0 amide bonds. The molecular formula is C12H11N3O4S. The average Bonchev–Trinajstić information content (AvgIpc) is 2.90. The van der Waals surface area contributed by atoms with E-state index in [1.165, 1.54) is 11.3 Å². The summed E-state index contributed by atoms with van der Waals surface area (Å²) in [6, 6.07) is 4.83.